The molecule has 1 aliphatic carbocycles. The summed E-state index contributed by atoms with van der Waals surface area (Å²) in [4.78, 5) is 21.8. The van der Waals surface area contributed by atoms with Crippen LogP contribution in [0.2, 0.25) is 0 Å². The number of carbonyl (C=O) groups excluding carboxylic acids is 2. The summed E-state index contributed by atoms with van der Waals surface area (Å²) in [5.41, 5.74) is -11.6. The Labute approximate surface area is 177 Å². The van der Waals surface area contributed by atoms with Crippen molar-refractivity contribution in [2.24, 2.45) is 0 Å². The highest BCUT2D eigenvalue weighted by Crippen LogP contribution is 2.66. The second-order valence-electron chi connectivity index (χ2n) is 7.35. The van der Waals surface area contributed by atoms with E-state index < -0.39 is 66.3 Å². The third-order valence-corrected chi connectivity index (χ3v) is 4.66. The van der Waals surface area contributed by atoms with E-state index in [1.54, 1.807) is 0 Å². The van der Waals surface area contributed by atoms with Gasteiger partial charge in [0, 0.05) is 6.08 Å². The Morgan fingerprint density at radius 3 is 2.06 bits per heavy atom. The van der Waals surface area contributed by atoms with Crippen LogP contribution in [0, 0.1) is 0 Å². The predicted molar refractivity (Wildman–Crippen MR) is 90.5 cm³/mol. The summed E-state index contributed by atoms with van der Waals surface area (Å²) in [6.07, 6.45) is -12.8. The normalized spacial score (nSPS) is 26.4. The van der Waals surface area contributed by atoms with Crippen molar-refractivity contribution in [3.8, 4) is 0 Å². The molecule has 0 aromatic rings. The van der Waals surface area contributed by atoms with Gasteiger partial charge in [0.25, 0.3) is 5.67 Å². The molecule has 0 bridgehead atoms. The topological polar surface area (TPSA) is 71.1 Å². The fourth-order valence-corrected chi connectivity index (χ4v) is 2.42. The molecule has 1 fully saturated rings. The molecule has 1 saturated carbocycles. The molecule has 0 N–H and O–H groups in total. The number of hydrogen-bond donors (Lipinski definition) is 0. The molecule has 3 atom stereocenters. The molecule has 1 aliphatic rings. The fourth-order valence-electron chi connectivity index (χ4n) is 2.42. The zero-order valence-electron chi connectivity index (χ0n) is 17.0. The standard InChI is InChI=1S/C18H20F8O6/c1-6-10(27)8-30-18(25,26)32-14(5)12(19)16(14,22)17(23,24)31-13(3,4)15(20,21)9-29-11(28)7-2/h6-7,12H,1-2,8-9H2,3-5H3. The highest BCUT2D eigenvalue weighted by molar-refractivity contribution is 5.90. The van der Waals surface area contributed by atoms with E-state index >= 15 is 0 Å². The molecule has 0 amide bonds. The van der Waals surface area contributed by atoms with Crippen molar-refractivity contribution in [3.63, 3.8) is 0 Å². The number of hydrogen-bond acceptors (Lipinski definition) is 6. The van der Waals surface area contributed by atoms with Gasteiger partial charge in [0.1, 0.15) is 12.2 Å². The van der Waals surface area contributed by atoms with Crippen molar-refractivity contribution in [1.82, 2.24) is 0 Å². The van der Waals surface area contributed by atoms with Gasteiger partial charge in [-0.15, -0.1) is 8.78 Å². The highest BCUT2D eigenvalue weighted by Gasteiger charge is 2.92. The Hall–Kier alpha value is -2.06. The zero-order valence-corrected chi connectivity index (χ0v) is 17.0. The molecule has 0 heterocycles. The second-order valence-corrected chi connectivity index (χ2v) is 7.35. The van der Waals surface area contributed by atoms with Crippen LogP contribution in [0.3, 0.4) is 0 Å². The molecule has 1 rings (SSSR count). The fraction of sp³-hybridized carbons (Fsp3) is 0.667. The maximum atomic E-state index is 14.8. The van der Waals surface area contributed by atoms with Crippen LogP contribution in [0.25, 0.3) is 0 Å². The van der Waals surface area contributed by atoms with Crippen LogP contribution in [0.15, 0.2) is 25.3 Å². The molecule has 3 unspecified atom stereocenters. The van der Waals surface area contributed by atoms with Crippen molar-refractivity contribution in [3.05, 3.63) is 25.3 Å². The van der Waals surface area contributed by atoms with Gasteiger partial charge in [-0.25, -0.2) is 13.6 Å². The monoisotopic (exact) mass is 484 g/mol. The van der Waals surface area contributed by atoms with Gasteiger partial charge in [0.05, 0.1) is 0 Å². The molecule has 184 valence electrons. The molecule has 0 saturated heterocycles. The first-order chi connectivity index (χ1) is 14.2. The van der Waals surface area contributed by atoms with E-state index in [-0.39, 0.29) is 6.92 Å². The van der Waals surface area contributed by atoms with Gasteiger partial charge in [0.15, 0.2) is 24.2 Å². The van der Waals surface area contributed by atoms with Crippen LogP contribution in [0.4, 0.5) is 35.1 Å². The van der Waals surface area contributed by atoms with E-state index in [9.17, 15) is 44.7 Å². The summed E-state index contributed by atoms with van der Waals surface area (Å²) in [6.45, 7) is 3.58. The van der Waals surface area contributed by atoms with Crippen molar-refractivity contribution in [2.75, 3.05) is 13.2 Å². The Morgan fingerprint density at radius 2 is 1.59 bits per heavy atom. The summed E-state index contributed by atoms with van der Waals surface area (Å²) < 4.78 is 129. The van der Waals surface area contributed by atoms with Crippen molar-refractivity contribution < 1.29 is 63.7 Å². The molecular weight excluding hydrogens is 464 g/mol. The molecule has 0 aromatic heterocycles. The third kappa shape index (κ3) is 5.12. The summed E-state index contributed by atoms with van der Waals surface area (Å²) in [7, 11) is 0. The maximum Gasteiger partial charge on any atom is 0.486 e. The zero-order chi connectivity index (χ0) is 25.4. The van der Waals surface area contributed by atoms with Gasteiger partial charge >= 0.3 is 24.3 Å². The minimum absolute atomic E-state index is 0.165. The smallest absolute Gasteiger partial charge is 0.456 e. The van der Waals surface area contributed by atoms with E-state index in [4.69, 9.17) is 0 Å². The Bertz CT molecular complexity index is 771. The van der Waals surface area contributed by atoms with Crippen molar-refractivity contribution in [1.29, 1.82) is 0 Å². The van der Waals surface area contributed by atoms with Crippen LogP contribution in [0.5, 0.6) is 0 Å². The first-order valence-corrected chi connectivity index (χ1v) is 8.68. The molecule has 6 nitrogen and oxygen atoms in total. The summed E-state index contributed by atoms with van der Waals surface area (Å²) in [6, 6.07) is 0. The lowest BCUT2D eigenvalue weighted by Gasteiger charge is -2.37. The second kappa shape index (κ2) is 8.71. The van der Waals surface area contributed by atoms with Crippen LogP contribution in [-0.4, -0.2) is 66.3 Å². The van der Waals surface area contributed by atoms with E-state index in [0.717, 1.165) is 0 Å². The molecule has 32 heavy (non-hydrogen) atoms. The van der Waals surface area contributed by atoms with Gasteiger partial charge in [-0.05, 0) is 26.8 Å². The minimum Gasteiger partial charge on any atom is -0.456 e. The molecular formula is C18H20F8O6. The van der Waals surface area contributed by atoms with Crippen LogP contribution < -0.4 is 0 Å². The maximum absolute atomic E-state index is 14.8. The molecule has 0 aromatic carbocycles. The van der Waals surface area contributed by atoms with Gasteiger partial charge in [0.2, 0.25) is 0 Å². The molecule has 0 radical (unpaired) electrons. The van der Waals surface area contributed by atoms with Crippen LogP contribution in [0.1, 0.15) is 20.8 Å². The van der Waals surface area contributed by atoms with Gasteiger partial charge in [-0.2, -0.15) is 17.6 Å². The third-order valence-electron chi connectivity index (χ3n) is 4.66. The highest BCUT2D eigenvalue weighted by atomic mass is 19.3. The first-order valence-electron chi connectivity index (χ1n) is 8.68. The Balaban J connectivity index is 3.04. The quantitative estimate of drug-likeness (QED) is 0.171. The summed E-state index contributed by atoms with van der Waals surface area (Å²) in [5.74, 6) is -6.80. The number of rotatable bonds is 13. The lowest BCUT2D eigenvalue weighted by atomic mass is 10.0. The largest absolute Gasteiger partial charge is 0.486 e. The molecule has 14 heteroatoms. The predicted octanol–water partition coefficient (Wildman–Crippen LogP) is 3.90. The van der Waals surface area contributed by atoms with E-state index in [1.165, 1.54) is 0 Å². The van der Waals surface area contributed by atoms with Crippen molar-refractivity contribution >= 4 is 11.8 Å². The number of halogens is 8. The average molecular weight is 484 g/mol. The Kier molecular flexibility index (Phi) is 7.61. The van der Waals surface area contributed by atoms with Gasteiger partial charge in [-0.1, -0.05) is 13.2 Å². The number of ketones is 1. The van der Waals surface area contributed by atoms with E-state index in [0.29, 0.717) is 26.0 Å². The van der Waals surface area contributed by atoms with Crippen LogP contribution >= 0.6 is 0 Å². The summed E-state index contributed by atoms with van der Waals surface area (Å²) >= 11 is 0. The number of esters is 1. The van der Waals surface area contributed by atoms with E-state index in [2.05, 4.69) is 32.1 Å². The first kappa shape index (κ1) is 28.0. The van der Waals surface area contributed by atoms with Crippen LogP contribution in [-0.2, 0) is 28.5 Å². The van der Waals surface area contributed by atoms with Gasteiger partial charge < -0.3 is 9.47 Å². The lowest BCUT2D eigenvalue weighted by molar-refractivity contribution is -0.422. The van der Waals surface area contributed by atoms with Crippen molar-refractivity contribution in [2.45, 2.75) is 62.1 Å². The summed E-state index contributed by atoms with van der Waals surface area (Å²) in [5, 5.41) is 0. The number of carbonyl (C=O) groups is 2. The minimum atomic E-state index is -5.44. The average Bonchev–Trinajstić information content (AvgIpc) is 3.09. The van der Waals surface area contributed by atoms with E-state index in [1.807, 2.05) is 0 Å². The lowest BCUT2D eigenvalue weighted by Crippen LogP contribution is -2.56. The van der Waals surface area contributed by atoms with Gasteiger partial charge in [-0.3, -0.25) is 14.3 Å². The molecule has 0 spiro atoms. The Morgan fingerprint density at radius 1 is 1.06 bits per heavy atom. The number of ether oxygens (including phenoxy) is 4. The molecule has 0 aliphatic heterocycles. The number of alkyl halides is 8. The SMILES string of the molecule is C=CC(=O)COC(F)(F)OC1(C)C(F)C1(F)C(F)(F)OC(C)(C)C(F)(F)COC(=O)C=C.